The van der Waals surface area contributed by atoms with Gasteiger partial charge in [-0.05, 0) is 18.2 Å². The van der Waals surface area contributed by atoms with E-state index in [2.05, 4.69) is 0 Å². The van der Waals surface area contributed by atoms with Crippen LogP contribution in [0.2, 0.25) is 0 Å². The summed E-state index contributed by atoms with van der Waals surface area (Å²) in [7, 11) is 0. The predicted octanol–water partition coefficient (Wildman–Crippen LogP) is 0.887. The van der Waals surface area contributed by atoms with Gasteiger partial charge in [-0.25, -0.2) is 0 Å². The molecule has 0 spiro atoms. The second-order valence-electron chi connectivity index (χ2n) is 1.86. The van der Waals surface area contributed by atoms with Gasteiger partial charge in [-0.2, -0.15) is 0 Å². The van der Waals surface area contributed by atoms with Gasteiger partial charge in [-0.1, -0.05) is 0 Å². The molecule has 5 heteroatoms. The molecule has 1 rings (SSSR count). The summed E-state index contributed by atoms with van der Waals surface area (Å²) in [6.07, 6.45) is 0.481. The Morgan fingerprint density at radius 1 is 1.23 bits per heavy atom. The number of benzene rings is 1. The largest absolute Gasteiger partial charge is 0.508 e. The summed E-state index contributed by atoms with van der Waals surface area (Å²) in [5.41, 5.74) is 0.0972. The van der Waals surface area contributed by atoms with Gasteiger partial charge < -0.3 is 21.2 Å². The Bertz CT molecular complexity index is 275. The van der Waals surface area contributed by atoms with Gasteiger partial charge in [-0.15, -0.1) is 0 Å². The molecule has 0 unspecified atom stereocenters. The van der Waals surface area contributed by atoms with Crippen LogP contribution < -0.4 is 6.15 Å². The topological polar surface area (TPSA) is 110 Å². The number of aromatic hydroxyl groups is 2. The first-order valence-corrected chi connectivity index (χ1v) is 3.00. The number of aldehydes is 1. The average Bonchev–Trinajstić information content (AvgIpc) is 2.13. The molecule has 0 saturated carbocycles. The van der Waals surface area contributed by atoms with Crippen molar-refractivity contribution < 1.29 is 19.8 Å². The minimum absolute atomic E-state index is 0. The number of hydrogen-bond acceptors (Lipinski definition) is 5. The Hall–Kier alpha value is -1.88. The summed E-state index contributed by atoms with van der Waals surface area (Å²) in [6.45, 7) is 2.00. The van der Waals surface area contributed by atoms with Crippen molar-refractivity contribution in [3.8, 4) is 11.5 Å². The quantitative estimate of drug-likeness (QED) is 0.444. The lowest BCUT2D eigenvalue weighted by molar-refractivity contribution is -0.0979. The van der Waals surface area contributed by atoms with Crippen molar-refractivity contribution in [2.24, 2.45) is 0 Å². The zero-order valence-corrected chi connectivity index (χ0v) is 6.93. The molecule has 0 heterocycles. The molecule has 5 nitrogen and oxygen atoms in total. The van der Waals surface area contributed by atoms with E-state index in [9.17, 15) is 4.79 Å². The minimum atomic E-state index is -0.118. The number of hydrogen-bond donors (Lipinski definition) is 3. The van der Waals surface area contributed by atoms with Crippen LogP contribution in [0.4, 0.5) is 0 Å². The predicted molar refractivity (Wildman–Crippen MR) is 47.3 cm³/mol. The second-order valence-corrected chi connectivity index (χ2v) is 1.86. The first-order valence-electron chi connectivity index (χ1n) is 3.00. The van der Waals surface area contributed by atoms with Gasteiger partial charge >= 0.3 is 0 Å². The lowest BCUT2D eigenvalue weighted by Gasteiger charge is -1.95. The molecule has 0 saturated heterocycles. The van der Waals surface area contributed by atoms with Crippen molar-refractivity contribution in [2.75, 3.05) is 0 Å². The molecule has 1 aromatic rings. The monoisotopic (exact) mass is 185 g/mol. The van der Waals surface area contributed by atoms with Crippen LogP contribution >= 0.6 is 0 Å². The molecular weight excluding hydrogens is 174 g/mol. The normalized spacial score (nSPS) is 7.38. The summed E-state index contributed by atoms with van der Waals surface area (Å²) in [5.74, 6) is -0.146. The van der Waals surface area contributed by atoms with Crippen LogP contribution in [0.5, 0.6) is 11.5 Å². The van der Waals surface area contributed by atoms with E-state index in [-0.39, 0.29) is 23.2 Å². The van der Waals surface area contributed by atoms with Crippen molar-refractivity contribution in [2.45, 2.75) is 0 Å². The Morgan fingerprint density at radius 2 is 1.77 bits per heavy atom. The molecule has 0 aromatic heterocycles. The average molecular weight is 185 g/mol. The van der Waals surface area contributed by atoms with E-state index in [0.29, 0.717) is 6.29 Å². The molecule has 0 aliphatic rings. The maximum Gasteiger partial charge on any atom is 0.153 e. The highest BCUT2D eigenvalue weighted by Gasteiger charge is 1.98. The maximum absolute atomic E-state index is 10.1. The summed E-state index contributed by atoms with van der Waals surface area (Å²) < 4.78 is 0. The van der Waals surface area contributed by atoms with Crippen LogP contribution in [-0.2, 0) is 4.79 Å². The Balaban J connectivity index is 0. The highest BCUT2D eigenvalue weighted by molar-refractivity contribution is 5.79. The Morgan fingerprint density at radius 3 is 2.15 bits per heavy atom. The Labute approximate surface area is 75.2 Å². The molecule has 0 fully saturated rings. The third-order valence-electron chi connectivity index (χ3n) is 1.14. The fourth-order valence-corrected chi connectivity index (χ4v) is 0.636. The van der Waals surface area contributed by atoms with E-state index in [4.69, 9.17) is 15.0 Å². The van der Waals surface area contributed by atoms with Crippen LogP contribution in [0, 0.1) is 0 Å². The van der Waals surface area contributed by atoms with Crippen LogP contribution in [0.25, 0.3) is 0 Å². The molecule has 0 atom stereocenters. The molecule has 0 radical (unpaired) electrons. The van der Waals surface area contributed by atoms with Crippen molar-refractivity contribution in [1.29, 1.82) is 0 Å². The number of carbonyl (C=O) groups excluding carboxylic acids is 2. The zero-order chi connectivity index (χ0) is 9.56. The van der Waals surface area contributed by atoms with Gasteiger partial charge in [0.05, 0.1) is 5.56 Å². The van der Waals surface area contributed by atoms with E-state index in [1.165, 1.54) is 18.2 Å². The number of phenolic OH excluding ortho intramolecular Hbond substituents is 2. The van der Waals surface area contributed by atoms with Crippen LogP contribution in [0.3, 0.4) is 0 Å². The van der Waals surface area contributed by atoms with Gasteiger partial charge in [-0.3, -0.25) is 4.79 Å². The van der Waals surface area contributed by atoms with E-state index in [1.807, 2.05) is 6.79 Å². The van der Waals surface area contributed by atoms with Crippen molar-refractivity contribution in [3.05, 3.63) is 23.8 Å². The molecular formula is C8H11NO4. The summed E-state index contributed by atoms with van der Waals surface area (Å²) in [6, 6.07) is 3.77. The third-order valence-corrected chi connectivity index (χ3v) is 1.14. The number of carbonyl (C=O) groups is 2. The molecule has 1 aromatic carbocycles. The standard InChI is InChI=1S/C7H6O3.CH2O.H3N/c8-4-5-3-6(9)1-2-7(5)10;1-2;/h1-4,9-10H;1H2;1H3. The van der Waals surface area contributed by atoms with Gasteiger partial charge in [0, 0.05) is 0 Å². The van der Waals surface area contributed by atoms with E-state index in [1.54, 1.807) is 0 Å². The van der Waals surface area contributed by atoms with Gasteiger partial charge in [0.15, 0.2) is 6.29 Å². The fourth-order valence-electron chi connectivity index (χ4n) is 0.636. The first kappa shape index (κ1) is 13.7. The van der Waals surface area contributed by atoms with Gasteiger partial charge in [0.1, 0.15) is 18.3 Å². The van der Waals surface area contributed by atoms with Crippen LogP contribution in [-0.4, -0.2) is 23.3 Å². The maximum atomic E-state index is 10.1. The smallest absolute Gasteiger partial charge is 0.153 e. The third kappa shape index (κ3) is 3.88. The molecule has 72 valence electrons. The SMILES string of the molecule is C=O.N.O=Cc1cc(O)ccc1O. The molecule has 0 bridgehead atoms. The second kappa shape index (κ2) is 6.81. The molecule has 0 aliphatic heterocycles. The highest BCUT2D eigenvalue weighted by Crippen LogP contribution is 2.19. The molecule has 13 heavy (non-hydrogen) atoms. The fraction of sp³-hybridized carbons (Fsp3) is 0. The van der Waals surface area contributed by atoms with E-state index < -0.39 is 0 Å². The molecule has 0 amide bonds. The van der Waals surface area contributed by atoms with Gasteiger partial charge in [0.25, 0.3) is 0 Å². The van der Waals surface area contributed by atoms with Crippen molar-refractivity contribution in [1.82, 2.24) is 6.15 Å². The summed E-state index contributed by atoms with van der Waals surface area (Å²) in [4.78, 5) is 18.1. The van der Waals surface area contributed by atoms with E-state index in [0.717, 1.165) is 0 Å². The van der Waals surface area contributed by atoms with Crippen LogP contribution in [0.1, 0.15) is 10.4 Å². The number of phenols is 2. The lowest BCUT2D eigenvalue weighted by Crippen LogP contribution is -1.78. The van der Waals surface area contributed by atoms with Crippen molar-refractivity contribution in [3.63, 3.8) is 0 Å². The summed E-state index contributed by atoms with van der Waals surface area (Å²) >= 11 is 0. The first-order chi connectivity index (χ1) is 5.74. The lowest BCUT2D eigenvalue weighted by atomic mass is 10.2. The zero-order valence-electron chi connectivity index (χ0n) is 6.93. The van der Waals surface area contributed by atoms with Crippen LogP contribution in [0.15, 0.2) is 18.2 Å². The van der Waals surface area contributed by atoms with Crippen molar-refractivity contribution >= 4 is 13.1 Å². The van der Waals surface area contributed by atoms with Gasteiger partial charge in [0.2, 0.25) is 0 Å². The Kier molecular flexibility index (Phi) is 7.17. The highest BCUT2D eigenvalue weighted by atomic mass is 16.3. The van der Waals surface area contributed by atoms with E-state index >= 15 is 0 Å². The molecule has 0 aliphatic carbocycles. The molecule has 5 N–H and O–H groups in total. The summed E-state index contributed by atoms with van der Waals surface area (Å²) in [5, 5.41) is 17.7. The number of rotatable bonds is 1. The minimum Gasteiger partial charge on any atom is -0.508 e.